The topological polar surface area (TPSA) is 44.3 Å². The molecule has 1 aliphatic rings. The molecule has 2 heterocycles. The first-order valence-electron chi connectivity index (χ1n) is 8.41. The molecule has 1 N–H and O–H groups in total. The van der Waals surface area contributed by atoms with Gasteiger partial charge >= 0.3 is 0 Å². The van der Waals surface area contributed by atoms with Crippen molar-refractivity contribution in [2.24, 2.45) is 0 Å². The minimum atomic E-state index is 0.387. The van der Waals surface area contributed by atoms with Crippen LogP contribution in [0.15, 0.2) is 52.4 Å². The number of fused-ring (bicyclic) bond motifs is 3. The van der Waals surface area contributed by atoms with Crippen molar-refractivity contribution in [1.82, 2.24) is 14.9 Å². The highest BCUT2D eigenvalue weighted by Gasteiger charge is 2.29. The summed E-state index contributed by atoms with van der Waals surface area (Å²) in [6, 6.07) is 12.1. The maximum Gasteiger partial charge on any atom is 0.227 e. The summed E-state index contributed by atoms with van der Waals surface area (Å²) in [5.74, 6) is 0.601. The number of thiol groups is 1. The molecule has 26 heavy (non-hydrogen) atoms. The summed E-state index contributed by atoms with van der Waals surface area (Å²) in [4.78, 5) is 16.0. The van der Waals surface area contributed by atoms with E-state index in [1.807, 2.05) is 42.2 Å². The number of hydrogen-bond acceptors (Lipinski definition) is 7. The van der Waals surface area contributed by atoms with Crippen molar-refractivity contribution in [2.45, 2.75) is 15.2 Å². The molecule has 0 bridgehead atoms. The van der Waals surface area contributed by atoms with E-state index in [-0.39, 0.29) is 0 Å². The Labute approximate surface area is 163 Å². The molecular formula is C19H21N5S2. The molecule has 0 fully saturated rings. The maximum absolute atomic E-state index is 4.81. The number of thioether (sulfide) groups is 1. The molecule has 0 saturated heterocycles. The third kappa shape index (κ3) is 3.34. The van der Waals surface area contributed by atoms with Crippen LogP contribution < -0.4 is 10.2 Å². The van der Waals surface area contributed by atoms with Crippen molar-refractivity contribution in [3.05, 3.63) is 42.6 Å². The normalized spacial score (nSPS) is 16.3. The Morgan fingerprint density at radius 2 is 2.12 bits per heavy atom. The molecular weight excluding hydrogens is 362 g/mol. The summed E-state index contributed by atoms with van der Waals surface area (Å²) in [5.41, 5.74) is 3.16. The molecule has 0 aliphatic carbocycles. The molecule has 0 radical (unpaired) electrons. The molecule has 4 rings (SSSR count). The van der Waals surface area contributed by atoms with E-state index in [1.54, 1.807) is 0 Å². The number of likely N-dealkylation sites (N-methyl/N-ethyl adjacent to an activating group) is 2. The van der Waals surface area contributed by atoms with Crippen molar-refractivity contribution < 1.29 is 0 Å². The fourth-order valence-corrected chi connectivity index (χ4v) is 4.82. The van der Waals surface area contributed by atoms with E-state index >= 15 is 0 Å². The van der Waals surface area contributed by atoms with Gasteiger partial charge < -0.3 is 15.1 Å². The fourth-order valence-electron chi connectivity index (χ4n) is 3.07. The number of benzene rings is 2. The SMILES string of the molecule is CN(C)CC1Sc2c(ccc3cnc(Nc4cccc(S)c4)nc23)N1C. The number of aromatic nitrogens is 2. The lowest BCUT2D eigenvalue weighted by molar-refractivity contribution is 0.407. The van der Waals surface area contributed by atoms with E-state index in [9.17, 15) is 0 Å². The highest BCUT2D eigenvalue weighted by molar-refractivity contribution is 8.00. The van der Waals surface area contributed by atoms with Gasteiger partial charge in [0, 0.05) is 35.8 Å². The third-order valence-corrected chi connectivity index (χ3v) is 6.03. The largest absolute Gasteiger partial charge is 0.360 e. The molecule has 1 atom stereocenters. The molecule has 7 heteroatoms. The highest BCUT2D eigenvalue weighted by atomic mass is 32.2. The second-order valence-electron chi connectivity index (χ2n) is 6.67. The van der Waals surface area contributed by atoms with Gasteiger partial charge in [0.05, 0.1) is 21.5 Å². The Kier molecular flexibility index (Phi) is 4.69. The van der Waals surface area contributed by atoms with Crippen LogP contribution in [0.5, 0.6) is 0 Å². The van der Waals surface area contributed by atoms with Crippen molar-refractivity contribution >= 4 is 52.6 Å². The predicted molar refractivity (Wildman–Crippen MR) is 113 cm³/mol. The van der Waals surface area contributed by atoms with Gasteiger partial charge in [0.2, 0.25) is 5.95 Å². The third-order valence-electron chi connectivity index (χ3n) is 4.38. The van der Waals surface area contributed by atoms with Crippen LogP contribution in [0.3, 0.4) is 0 Å². The Morgan fingerprint density at radius 3 is 2.88 bits per heavy atom. The zero-order valence-corrected chi connectivity index (χ0v) is 16.7. The summed E-state index contributed by atoms with van der Waals surface area (Å²) < 4.78 is 0. The van der Waals surface area contributed by atoms with Gasteiger partial charge in [0.15, 0.2) is 0 Å². The van der Waals surface area contributed by atoms with Crippen molar-refractivity contribution in [2.75, 3.05) is 37.9 Å². The Balaban J connectivity index is 1.70. The average Bonchev–Trinajstić information content (AvgIpc) is 2.91. The van der Waals surface area contributed by atoms with Crippen LogP contribution in [0.2, 0.25) is 0 Å². The van der Waals surface area contributed by atoms with Crippen LogP contribution in [0.1, 0.15) is 0 Å². The van der Waals surface area contributed by atoms with Crippen molar-refractivity contribution in [3.8, 4) is 0 Å². The molecule has 1 aromatic heterocycles. The monoisotopic (exact) mass is 383 g/mol. The zero-order chi connectivity index (χ0) is 18.3. The molecule has 0 spiro atoms. The second kappa shape index (κ2) is 6.98. The smallest absolute Gasteiger partial charge is 0.227 e. The van der Waals surface area contributed by atoms with Gasteiger partial charge in [-0.25, -0.2) is 9.97 Å². The first kappa shape index (κ1) is 17.5. The second-order valence-corrected chi connectivity index (χ2v) is 8.37. The van der Waals surface area contributed by atoms with E-state index < -0.39 is 0 Å². The van der Waals surface area contributed by atoms with Crippen LogP contribution >= 0.6 is 24.4 Å². The van der Waals surface area contributed by atoms with Gasteiger partial charge in [0.25, 0.3) is 0 Å². The van der Waals surface area contributed by atoms with Crippen molar-refractivity contribution in [1.29, 1.82) is 0 Å². The number of nitrogens with zero attached hydrogens (tertiary/aromatic N) is 4. The van der Waals surface area contributed by atoms with Crippen LogP contribution in [-0.4, -0.2) is 47.9 Å². The minimum Gasteiger partial charge on any atom is -0.360 e. The predicted octanol–water partition coefficient (Wildman–Crippen LogP) is 4.09. The average molecular weight is 384 g/mol. The minimum absolute atomic E-state index is 0.387. The number of rotatable bonds is 4. The lowest BCUT2D eigenvalue weighted by atomic mass is 10.2. The molecule has 1 aliphatic heterocycles. The molecule has 0 amide bonds. The van der Waals surface area contributed by atoms with Gasteiger partial charge in [-0.3, -0.25) is 0 Å². The fraction of sp³-hybridized carbons (Fsp3) is 0.263. The molecule has 134 valence electrons. The van der Waals surface area contributed by atoms with E-state index in [4.69, 9.17) is 4.98 Å². The summed E-state index contributed by atoms with van der Waals surface area (Å²) in [7, 11) is 6.36. The summed E-state index contributed by atoms with van der Waals surface area (Å²) >= 11 is 6.26. The Bertz CT molecular complexity index is 960. The van der Waals surface area contributed by atoms with Gasteiger partial charge in [-0.2, -0.15) is 0 Å². The maximum atomic E-state index is 4.81. The molecule has 0 saturated carbocycles. The van der Waals surface area contributed by atoms with E-state index in [1.165, 1.54) is 10.6 Å². The van der Waals surface area contributed by atoms with Crippen LogP contribution in [-0.2, 0) is 0 Å². The highest BCUT2D eigenvalue weighted by Crippen LogP contribution is 2.46. The molecule has 5 nitrogen and oxygen atoms in total. The standard InChI is InChI=1S/C19H21N5S2/c1-23(2)11-16-24(3)15-8-7-12-10-20-19(22-17(12)18(15)26-16)21-13-5-4-6-14(25)9-13/h4-10,16,25H,11H2,1-3H3,(H,20,21,22). The van der Waals surface area contributed by atoms with Gasteiger partial charge in [-0.1, -0.05) is 17.8 Å². The van der Waals surface area contributed by atoms with E-state index in [0.29, 0.717) is 11.3 Å². The molecule has 3 aromatic rings. The van der Waals surface area contributed by atoms with Gasteiger partial charge in [0.1, 0.15) is 0 Å². The Hall–Kier alpha value is -1.96. The lowest BCUT2D eigenvalue weighted by Crippen LogP contribution is -2.34. The van der Waals surface area contributed by atoms with Gasteiger partial charge in [-0.05, 0) is 44.4 Å². The van der Waals surface area contributed by atoms with Gasteiger partial charge in [-0.15, -0.1) is 12.6 Å². The molecule has 2 aromatic carbocycles. The van der Waals surface area contributed by atoms with Crippen LogP contribution in [0.25, 0.3) is 10.9 Å². The quantitative estimate of drug-likeness (QED) is 0.662. The van der Waals surface area contributed by atoms with E-state index in [2.05, 4.69) is 66.0 Å². The first-order valence-corrected chi connectivity index (χ1v) is 9.74. The number of nitrogens with one attached hydrogen (secondary N) is 1. The van der Waals surface area contributed by atoms with E-state index in [0.717, 1.165) is 28.0 Å². The first-order chi connectivity index (χ1) is 12.5. The summed E-state index contributed by atoms with van der Waals surface area (Å²) in [6.07, 6.45) is 1.88. The van der Waals surface area contributed by atoms with Crippen LogP contribution in [0, 0.1) is 0 Å². The number of hydrogen-bond donors (Lipinski definition) is 2. The molecule has 1 unspecified atom stereocenters. The zero-order valence-electron chi connectivity index (χ0n) is 15.0. The lowest BCUT2D eigenvalue weighted by Gasteiger charge is -2.24. The van der Waals surface area contributed by atoms with Crippen LogP contribution in [0.4, 0.5) is 17.3 Å². The Morgan fingerprint density at radius 1 is 1.27 bits per heavy atom. The summed E-state index contributed by atoms with van der Waals surface area (Å²) in [5, 5.41) is 4.73. The summed E-state index contributed by atoms with van der Waals surface area (Å²) in [6.45, 7) is 0.988. The number of anilines is 3. The van der Waals surface area contributed by atoms with Crippen molar-refractivity contribution in [3.63, 3.8) is 0 Å².